The third kappa shape index (κ3) is 3.08. The van der Waals surface area contributed by atoms with Crippen LogP contribution in [0.4, 0.5) is 4.39 Å². The molecular weight excluding hydrogens is 317 g/mol. The molecule has 0 saturated heterocycles. The number of halogens is 1. The number of aromatic nitrogens is 3. The zero-order chi connectivity index (χ0) is 17.2. The van der Waals surface area contributed by atoms with E-state index in [9.17, 15) is 9.18 Å². The van der Waals surface area contributed by atoms with Crippen molar-refractivity contribution in [1.29, 1.82) is 0 Å². The largest absolute Gasteiger partial charge is 0.268 e. The SMILES string of the molecule is O=c1ccc2ncc(-c3ccc(F)cc3CCc3ccccc3)n2[nH]1. The van der Waals surface area contributed by atoms with Gasteiger partial charge >= 0.3 is 0 Å². The Labute approximate surface area is 143 Å². The molecule has 4 nitrogen and oxygen atoms in total. The highest BCUT2D eigenvalue weighted by Gasteiger charge is 2.12. The Bertz CT molecular complexity index is 1080. The molecule has 5 heteroatoms. The topological polar surface area (TPSA) is 50.2 Å². The van der Waals surface area contributed by atoms with Gasteiger partial charge in [-0.25, -0.2) is 13.9 Å². The lowest BCUT2D eigenvalue weighted by atomic mass is 9.98. The molecule has 0 amide bonds. The molecular formula is C20H16FN3O. The molecule has 2 aromatic carbocycles. The maximum atomic E-state index is 13.8. The zero-order valence-electron chi connectivity index (χ0n) is 13.4. The van der Waals surface area contributed by atoms with Crippen molar-refractivity contribution in [2.75, 3.05) is 0 Å². The number of hydrogen-bond acceptors (Lipinski definition) is 2. The van der Waals surface area contributed by atoms with Gasteiger partial charge in [-0.05, 0) is 48.2 Å². The van der Waals surface area contributed by atoms with E-state index < -0.39 is 0 Å². The molecule has 124 valence electrons. The fourth-order valence-corrected chi connectivity index (χ4v) is 3.03. The van der Waals surface area contributed by atoms with Crippen molar-refractivity contribution < 1.29 is 4.39 Å². The van der Waals surface area contributed by atoms with Crippen molar-refractivity contribution in [3.63, 3.8) is 0 Å². The van der Waals surface area contributed by atoms with Crippen LogP contribution in [-0.2, 0) is 12.8 Å². The normalized spacial score (nSPS) is 11.1. The second kappa shape index (κ2) is 6.36. The van der Waals surface area contributed by atoms with E-state index in [2.05, 4.69) is 22.2 Å². The summed E-state index contributed by atoms with van der Waals surface area (Å²) in [6, 6.07) is 17.9. The minimum absolute atomic E-state index is 0.209. The minimum atomic E-state index is -0.269. The number of rotatable bonds is 4. The number of aromatic amines is 1. The Morgan fingerprint density at radius 1 is 1.00 bits per heavy atom. The molecule has 0 aliphatic carbocycles. The summed E-state index contributed by atoms with van der Waals surface area (Å²) in [6.45, 7) is 0. The summed E-state index contributed by atoms with van der Waals surface area (Å²) in [5, 5.41) is 2.76. The average molecular weight is 333 g/mol. The molecule has 0 saturated carbocycles. The molecule has 4 rings (SSSR count). The van der Waals surface area contributed by atoms with Crippen LogP contribution in [0.5, 0.6) is 0 Å². The van der Waals surface area contributed by atoms with Crippen molar-refractivity contribution in [3.05, 3.63) is 94.2 Å². The molecule has 25 heavy (non-hydrogen) atoms. The first-order valence-corrected chi connectivity index (χ1v) is 8.10. The third-order valence-electron chi connectivity index (χ3n) is 4.26. The second-order valence-electron chi connectivity index (χ2n) is 5.93. The fourth-order valence-electron chi connectivity index (χ4n) is 3.03. The lowest BCUT2D eigenvalue weighted by Crippen LogP contribution is -2.10. The van der Waals surface area contributed by atoms with E-state index >= 15 is 0 Å². The van der Waals surface area contributed by atoms with Gasteiger partial charge in [-0.15, -0.1) is 0 Å². The van der Waals surface area contributed by atoms with E-state index in [1.54, 1.807) is 28.9 Å². The Hall–Kier alpha value is -3.21. The number of imidazole rings is 1. The first-order valence-electron chi connectivity index (χ1n) is 8.10. The summed E-state index contributed by atoms with van der Waals surface area (Å²) < 4.78 is 15.5. The van der Waals surface area contributed by atoms with Crippen molar-refractivity contribution in [2.24, 2.45) is 0 Å². The average Bonchev–Trinajstić information content (AvgIpc) is 3.04. The van der Waals surface area contributed by atoms with Crippen molar-refractivity contribution in [3.8, 4) is 11.3 Å². The van der Waals surface area contributed by atoms with Gasteiger partial charge < -0.3 is 0 Å². The maximum absolute atomic E-state index is 13.8. The van der Waals surface area contributed by atoms with E-state index in [0.29, 0.717) is 12.1 Å². The molecule has 2 heterocycles. The predicted molar refractivity (Wildman–Crippen MR) is 95.1 cm³/mol. The van der Waals surface area contributed by atoms with Gasteiger partial charge in [-0.2, -0.15) is 0 Å². The van der Waals surface area contributed by atoms with Gasteiger partial charge in [0.1, 0.15) is 5.82 Å². The summed E-state index contributed by atoms with van der Waals surface area (Å²) in [6.07, 6.45) is 3.20. The molecule has 2 aromatic heterocycles. The Morgan fingerprint density at radius 2 is 1.84 bits per heavy atom. The Balaban J connectivity index is 1.76. The summed E-state index contributed by atoms with van der Waals surface area (Å²) in [5.74, 6) is -0.269. The van der Waals surface area contributed by atoms with Gasteiger partial charge in [0.05, 0.1) is 11.9 Å². The molecule has 0 radical (unpaired) electrons. The zero-order valence-corrected chi connectivity index (χ0v) is 13.4. The number of fused-ring (bicyclic) bond motifs is 1. The Morgan fingerprint density at radius 3 is 2.68 bits per heavy atom. The third-order valence-corrected chi connectivity index (χ3v) is 4.26. The second-order valence-corrected chi connectivity index (χ2v) is 5.93. The Kier molecular flexibility index (Phi) is 3.90. The molecule has 0 bridgehead atoms. The molecule has 4 aromatic rings. The highest BCUT2D eigenvalue weighted by atomic mass is 19.1. The van der Waals surface area contributed by atoms with Crippen LogP contribution >= 0.6 is 0 Å². The first-order chi connectivity index (χ1) is 12.2. The van der Waals surface area contributed by atoms with Gasteiger partial charge in [0, 0.05) is 11.6 Å². The molecule has 0 atom stereocenters. The molecule has 0 unspecified atom stereocenters. The van der Waals surface area contributed by atoms with E-state index in [4.69, 9.17) is 0 Å². The van der Waals surface area contributed by atoms with Crippen molar-refractivity contribution in [1.82, 2.24) is 14.6 Å². The fraction of sp³-hybridized carbons (Fsp3) is 0.100. The van der Waals surface area contributed by atoms with Crippen LogP contribution in [0.2, 0.25) is 0 Å². The van der Waals surface area contributed by atoms with Gasteiger partial charge in [0.25, 0.3) is 5.56 Å². The number of nitrogens with zero attached hydrogens (tertiary/aromatic N) is 2. The summed E-state index contributed by atoms with van der Waals surface area (Å²) in [5.41, 5.74) is 4.13. The van der Waals surface area contributed by atoms with E-state index in [-0.39, 0.29) is 11.4 Å². The number of hydrogen-bond donors (Lipinski definition) is 1. The number of benzene rings is 2. The maximum Gasteiger partial charge on any atom is 0.263 e. The molecule has 0 fully saturated rings. The molecule has 0 aliphatic heterocycles. The lowest BCUT2D eigenvalue weighted by Gasteiger charge is -2.10. The van der Waals surface area contributed by atoms with Crippen LogP contribution in [0.3, 0.4) is 0 Å². The standard InChI is InChI=1S/C20H16FN3O/c21-16-8-9-17(15(12-16)7-6-14-4-2-1-3-5-14)18-13-22-19-10-11-20(25)23-24(18)19/h1-5,8-13H,6-7H2,(H,23,25). The summed E-state index contributed by atoms with van der Waals surface area (Å²) >= 11 is 0. The molecule has 0 aliphatic rings. The van der Waals surface area contributed by atoms with Crippen LogP contribution in [-0.4, -0.2) is 14.6 Å². The van der Waals surface area contributed by atoms with Gasteiger partial charge in [-0.1, -0.05) is 30.3 Å². The van der Waals surface area contributed by atoms with E-state index in [1.807, 2.05) is 18.2 Å². The smallest absolute Gasteiger partial charge is 0.263 e. The summed E-state index contributed by atoms with van der Waals surface area (Å²) in [7, 11) is 0. The van der Waals surface area contributed by atoms with Crippen LogP contribution < -0.4 is 5.56 Å². The monoisotopic (exact) mass is 333 g/mol. The first kappa shape index (κ1) is 15.3. The van der Waals surface area contributed by atoms with Gasteiger partial charge in [-0.3, -0.25) is 9.89 Å². The van der Waals surface area contributed by atoms with Crippen LogP contribution in [0.1, 0.15) is 11.1 Å². The van der Waals surface area contributed by atoms with E-state index in [0.717, 1.165) is 23.2 Å². The van der Waals surface area contributed by atoms with Crippen molar-refractivity contribution >= 4 is 5.65 Å². The number of aryl methyl sites for hydroxylation is 2. The molecule has 1 N–H and O–H groups in total. The van der Waals surface area contributed by atoms with E-state index in [1.165, 1.54) is 17.7 Å². The highest BCUT2D eigenvalue weighted by molar-refractivity contribution is 5.66. The number of nitrogens with one attached hydrogen (secondary N) is 1. The predicted octanol–water partition coefficient (Wildman–Crippen LogP) is 3.61. The van der Waals surface area contributed by atoms with Gasteiger partial charge in [0.2, 0.25) is 0 Å². The summed E-state index contributed by atoms with van der Waals surface area (Å²) in [4.78, 5) is 16.0. The van der Waals surface area contributed by atoms with Crippen LogP contribution in [0.15, 0.2) is 71.7 Å². The number of H-pyrrole nitrogens is 1. The minimum Gasteiger partial charge on any atom is -0.268 e. The van der Waals surface area contributed by atoms with Crippen LogP contribution in [0, 0.1) is 5.82 Å². The quantitative estimate of drug-likeness (QED) is 0.620. The van der Waals surface area contributed by atoms with Crippen LogP contribution in [0.25, 0.3) is 16.9 Å². The van der Waals surface area contributed by atoms with Crippen molar-refractivity contribution in [2.45, 2.75) is 12.8 Å². The molecule has 0 spiro atoms. The lowest BCUT2D eigenvalue weighted by molar-refractivity contribution is 0.625. The highest BCUT2D eigenvalue weighted by Crippen LogP contribution is 2.26. The van der Waals surface area contributed by atoms with Gasteiger partial charge in [0.15, 0.2) is 5.65 Å².